The third-order valence-corrected chi connectivity index (χ3v) is 4.80. The summed E-state index contributed by atoms with van der Waals surface area (Å²) in [5.74, 6) is 2.03. The fourth-order valence-electron chi connectivity index (χ4n) is 3.42. The molecule has 1 aliphatic heterocycles. The second kappa shape index (κ2) is 11.8. The third-order valence-electron chi connectivity index (χ3n) is 4.80. The summed E-state index contributed by atoms with van der Waals surface area (Å²) in [5, 5.41) is 6.60. The second-order valence-corrected chi connectivity index (χ2v) is 7.25. The summed E-state index contributed by atoms with van der Waals surface area (Å²) in [5.41, 5.74) is 8.96. The van der Waals surface area contributed by atoms with Crippen molar-refractivity contribution in [3.05, 3.63) is 58.7 Å². The fraction of sp³-hybridized carbons (Fsp3) is 0.391. The number of halogens is 1. The highest BCUT2D eigenvalue weighted by Gasteiger charge is 2.21. The van der Waals surface area contributed by atoms with Gasteiger partial charge in [0.05, 0.1) is 13.2 Å². The molecule has 0 spiro atoms. The maximum absolute atomic E-state index is 11.4. The third kappa shape index (κ3) is 6.75. The Hall–Kier alpha value is -2.49. The smallest absolute Gasteiger partial charge is 0.248 e. The van der Waals surface area contributed by atoms with Crippen molar-refractivity contribution < 1.29 is 14.3 Å². The molecule has 0 bridgehead atoms. The highest BCUT2D eigenvalue weighted by atomic mass is 127. The van der Waals surface area contributed by atoms with Crippen LogP contribution in [0.15, 0.2) is 41.4 Å². The van der Waals surface area contributed by atoms with Gasteiger partial charge in [0.15, 0.2) is 5.96 Å². The van der Waals surface area contributed by atoms with Crippen LogP contribution in [0.2, 0.25) is 0 Å². The van der Waals surface area contributed by atoms with Crippen molar-refractivity contribution in [2.45, 2.75) is 46.4 Å². The number of carbonyl (C=O) groups is 1. The van der Waals surface area contributed by atoms with E-state index in [9.17, 15) is 4.79 Å². The zero-order chi connectivity index (χ0) is 21.5. The molecule has 1 atom stereocenters. The Bertz CT molecular complexity index is 933. The molecule has 1 unspecified atom stereocenters. The summed E-state index contributed by atoms with van der Waals surface area (Å²) in [6.07, 6.45) is 1.09. The molecular formula is C23H31IN4O3. The van der Waals surface area contributed by atoms with Crippen molar-refractivity contribution in [3.63, 3.8) is 0 Å². The maximum atomic E-state index is 11.4. The van der Waals surface area contributed by atoms with Crippen LogP contribution in [0.3, 0.4) is 0 Å². The molecule has 0 radical (unpaired) electrons. The second-order valence-electron chi connectivity index (χ2n) is 7.25. The fourth-order valence-corrected chi connectivity index (χ4v) is 3.42. The molecule has 0 saturated heterocycles. The van der Waals surface area contributed by atoms with Gasteiger partial charge in [-0.2, -0.15) is 0 Å². The van der Waals surface area contributed by atoms with E-state index in [2.05, 4.69) is 34.7 Å². The normalized spacial score (nSPS) is 14.8. The Morgan fingerprint density at radius 3 is 2.77 bits per heavy atom. The van der Waals surface area contributed by atoms with Gasteiger partial charge >= 0.3 is 0 Å². The summed E-state index contributed by atoms with van der Waals surface area (Å²) >= 11 is 0. The van der Waals surface area contributed by atoms with E-state index in [0.717, 1.165) is 35.6 Å². The average Bonchev–Trinajstić information content (AvgIpc) is 3.09. The number of benzene rings is 2. The number of aliphatic imine (C=N–C) groups is 1. The average molecular weight is 538 g/mol. The first-order chi connectivity index (χ1) is 14.5. The first-order valence-corrected chi connectivity index (χ1v) is 10.4. The van der Waals surface area contributed by atoms with Gasteiger partial charge in [0.1, 0.15) is 17.6 Å². The summed E-state index contributed by atoms with van der Waals surface area (Å²) < 4.78 is 11.8. The topological polar surface area (TPSA) is 98.0 Å². The molecule has 0 saturated carbocycles. The number of amides is 1. The number of fused-ring (bicyclic) bond motifs is 1. The van der Waals surface area contributed by atoms with E-state index in [0.29, 0.717) is 31.2 Å². The van der Waals surface area contributed by atoms with Gasteiger partial charge in [0.2, 0.25) is 5.91 Å². The number of rotatable bonds is 8. The largest absolute Gasteiger partial charge is 0.494 e. The summed E-state index contributed by atoms with van der Waals surface area (Å²) in [6.45, 7) is 8.38. The lowest BCUT2D eigenvalue weighted by Gasteiger charge is -2.15. The lowest BCUT2D eigenvalue weighted by molar-refractivity contribution is 0.1000. The van der Waals surface area contributed by atoms with E-state index in [1.807, 2.05) is 26.0 Å². The zero-order valence-corrected chi connectivity index (χ0v) is 20.6. The molecule has 2 aromatic carbocycles. The maximum Gasteiger partial charge on any atom is 0.248 e. The van der Waals surface area contributed by atoms with Crippen molar-refractivity contribution in [1.82, 2.24) is 10.6 Å². The Labute approximate surface area is 200 Å². The molecule has 31 heavy (non-hydrogen) atoms. The monoisotopic (exact) mass is 538 g/mol. The van der Waals surface area contributed by atoms with Gasteiger partial charge in [0.25, 0.3) is 0 Å². The number of guanidine groups is 1. The van der Waals surface area contributed by atoms with Crippen LogP contribution in [-0.2, 0) is 19.5 Å². The van der Waals surface area contributed by atoms with E-state index in [-0.39, 0.29) is 30.1 Å². The van der Waals surface area contributed by atoms with E-state index in [4.69, 9.17) is 15.2 Å². The molecule has 0 aliphatic carbocycles. The Balaban J connectivity index is 0.00000341. The number of primary amides is 1. The summed E-state index contributed by atoms with van der Waals surface area (Å²) in [6, 6.07) is 11.3. The van der Waals surface area contributed by atoms with E-state index >= 15 is 0 Å². The lowest BCUT2D eigenvalue weighted by Crippen LogP contribution is -2.36. The highest BCUT2D eigenvalue weighted by Crippen LogP contribution is 2.35. The van der Waals surface area contributed by atoms with Gasteiger partial charge in [-0.1, -0.05) is 12.1 Å². The van der Waals surface area contributed by atoms with Gasteiger partial charge in [-0.25, -0.2) is 4.99 Å². The summed E-state index contributed by atoms with van der Waals surface area (Å²) in [4.78, 5) is 16.0. The van der Waals surface area contributed by atoms with Crippen LogP contribution < -0.4 is 25.8 Å². The van der Waals surface area contributed by atoms with Gasteiger partial charge in [-0.3, -0.25) is 4.79 Å². The van der Waals surface area contributed by atoms with Gasteiger partial charge in [0, 0.05) is 36.2 Å². The van der Waals surface area contributed by atoms with Crippen molar-refractivity contribution >= 4 is 35.8 Å². The number of hydrogen-bond acceptors (Lipinski definition) is 4. The lowest BCUT2D eigenvalue weighted by atomic mass is 10.1. The van der Waals surface area contributed by atoms with Gasteiger partial charge in [-0.15, -0.1) is 24.0 Å². The van der Waals surface area contributed by atoms with Crippen LogP contribution in [-0.4, -0.2) is 31.1 Å². The van der Waals surface area contributed by atoms with Gasteiger partial charge in [-0.05, 0) is 50.6 Å². The predicted molar refractivity (Wildman–Crippen MR) is 133 cm³/mol. The van der Waals surface area contributed by atoms with Crippen LogP contribution in [0, 0.1) is 0 Å². The highest BCUT2D eigenvalue weighted by molar-refractivity contribution is 14.0. The number of nitrogens with zero attached hydrogens (tertiary/aromatic N) is 1. The molecule has 8 heteroatoms. The molecule has 0 fully saturated rings. The molecule has 1 amide bonds. The number of ether oxygens (including phenoxy) is 2. The first-order valence-electron chi connectivity index (χ1n) is 10.4. The molecule has 0 aromatic heterocycles. The van der Waals surface area contributed by atoms with Crippen molar-refractivity contribution in [3.8, 4) is 11.5 Å². The first kappa shape index (κ1) is 24.8. The molecule has 168 valence electrons. The minimum Gasteiger partial charge on any atom is -0.494 e. The van der Waals surface area contributed by atoms with Crippen molar-refractivity contribution in [2.75, 3.05) is 13.2 Å². The van der Waals surface area contributed by atoms with Crippen molar-refractivity contribution in [1.29, 1.82) is 0 Å². The molecule has 4 N–H and O–H groups in total. The van der Waals surface area contributed by atoms with Crippen LogP contribution in [0.4, 0.5) is 0 Å². The van der Waals surface area contributed by atoms with Crippen molar-refractivity contribution in [2.24, 2.45) is 10.7 Å². The minimum absolute atomic E-state index is 0. The molecular weight excluding hydrogens is 507 g/mol. The number of carbonyl (C=O) groups excluding carboxylic acids is 1. The van der Waals surface area contributed by atoms with Crippen LogP contribution in [0.25, 0.3) is 0 Å². The predicted octanol–water partition coefficient (Wildman–Crippen LogP) is 3.38. The van der Waals surface area contributed by atoms with Crippen LogP contribution >= 0.6 is 24.0 Å². The van der Waals surface area contributed by atoms with E-state index in [1.165, 1.54) is 5.56 Å². The molecule has 2 aromatic rings. The molecule has 3 rings (SSSR count). The number of nitrogens with two attached hydrogens (primary N) is 1. The zero-order valence-electron chi connectivity index (χ0n) is 18.2. The Morgan fingerprint density at radius 2 is 2.06 bits per heavy atom. The minimum atomic E-state index is -0.442. The molecule has 7 nitrogen and oxygen atoms in total. The standard InChI is InChI=1S/C23H30N4O3.HI/c1-4-25-23(26-13-16-7-6-8-17(10-16)22(24)28)27-14-19-12-21-18(9-15(3)30-21)11-20(19)29-5-2;/h6-8,10-12,15H,4-5,9,13-14H2,1-3H3,(H2,24,28)(H2,25,26,27);1H. The van der Waals surface area contributed by atoms with E-state index < -0.39 is 5.91 Å². The Kier molecular flexibility index (Phi) is 9.42. The van der Waals surface area contributed by atoms with Crippen LogP contribution in [0.5, 0.6) is 11.5 Å². The SMILES string of the molecule is CCNC(=NCc1cccc(C(N)=O)c1)NCc1cc2c(cc1OCC)CC(C)O2.I. The van der Waals surface area contributed by atoms with E-state index in [1.54, 1.807) is 12.1 Å². The Morgan fingerprint density at radius 1 is 1.26 bits per heavy atom. The summed E-state index contributed by atoms with van der Waals surface area (Å²) in [7, 11) is 0. The number of hydrogen-bond donors (Lipinski definition) is 3. The quantitative estimate of drug-likeness (QED) is 0.272. The van der Waals surface area contributed by atoms with Gasteiger partial charge < -0.3 is 25.8 Å². The molecule has 1 heterocycles. The van der Waals surface area contributed by atoms with Crippen LogP contribution in [0.1, 0.15) is 47.8 Å². The number of nitrogens with one attached hydrogen (secondary N) is 2. The molecule has 1 aliphatic rings.